The Labute approximate surface area is 147 Å². The second-order valence-electron chi connectivity index (χ2n) is 5.53. The van der Waals surface area contributed by atoms with Gasteiger partial charge in [0.15, 0.2) is 11.5 Å². The summed E-state index contributed by atoms with van der Waals surface area (Å²) < 4.78 is 10.2. The molecule has 0 saturated heterocycles. The fourth-order valence-electron chi connectivity index (χ4n) is 1.93. The lowest BCUT2D eigenvalue weighted by Gasteiger charge is -2.14. The number of ether oxygens (including phenoxy) is 2. The van der Waals surface area contributed by atoms with Crippen molar-refractivity contribution in [2.75, 3.05) is 7.11 Å². The second kappa shape index (κ2) is 9.46. The van der Waals surface area contributed by atoms with Crippen molar-refractivity contribution in [1.29, 1.82) is 0 Å². The van der Waals surface area contributed by atoms with Crippen LogP contribution in [0.1, 0.15) is 39.7 Å². The fraction of sp³-hybridized carbons (Fsp3) is 0.389. The molecule has 0 aliphatic carbocycles. The van der Waals surface area contributed by atoms with Gasteiger partial charge < -0.3 is 20.1 Å². The lowest BCUT2D eigenvalue weighted by Crippen LogP contribution is -2.38. The third kappa shape index (κ3) is 6.66. The van der Waals surface area contributed by atoms with Crippen molar-refractivity contribution in [1.82, 2.24) is 10.6 Å². The molecule has 0 spiro atoms. The number of carbonyl (C=O) groups is 3. The van der Waals surface area contributed by atoms with Crippen LogP contribution in [0.15, 0.2) is 23.9 Å². The average Bonchev–Trinajstić information content (AvgIpc) is 2.54. The molecule has 25 heavy (non-hydrogen) atoms. The van der Waals surface area contributed by atoms with E-state index in [1.165, 1.54) is 27.0 Å². The molecule has 0 aliphatic rings. The van der Waals surface area contributed by atoms with Gasteiger partial charge in [-0.3, -0.25) is 14.4 Å². The zero-order valence-electron chi connectivity index (χ0n) is 15.1. The Kier molecular flexibility index (Phi) is 7.65. The third-order valence-corrected chi connectivity index (χ3v) is 3.30. The first kappa shape index (κ1) is 20.2. The minimum Gasteiger partial charge on any atom is -0.493 e. The maximum atomic E-state index is 12.3. The largest absolute Gasteiger partial charge is 0.493 e. The molecule has 7 nitrogen and oxygen atoms in total. The summed E-state index contributed by atoms with van der Waals surface area (Å²) in [5.74, 6) is -0.583. The molecule has 1 aromatic carbocycles. The maximum Gasteiger partial charge on any atom is 0.308 e. The molecule has 0 fully saturated rings. The maximum absolute atomic E-state index is 12.3. The Morgan fingerprint density at radius 2 is 1.88 bits per heavy atom. The minimum atomic E-state index is -0.464. The predicted octanol–water partition coefficient (Wildman–Crippen LogP) is 2.01. The first-order valence-corrected chi connectivity index (χ1v) is 7.93. The summed E-state index contributed by atoms with van der Waals surface area (Å²) in [6, 6.07) is 4.80. The van der Waals surface area contributed by atoms with Crippen LogP contribution in [0.2, 0.25) is 0 Å². The molecule has 0 heterocycles. The normalized spacial score (nSPS) is 12.1. The van der Waals surface area contributed by atoms with Crippen molar-refractivity contribution in [2.45, 2.75) is 40.2 Å². The standard InChI is InChI=1S/C18H24N2O5/c1-6-11(2)19-18(23)15(20-12(3)21)9-14-7-8-16(25-13(4)22)17(10-14)24-5/h7-11H,6H2,1-5H3,(H,19,23)(H,20,21). The summed E-state index contributed by atoms with van der Waals surface area (Å²) in [6.07, 6.45) is 2.29. The summed E-state index contributed by atoms with van der Waals surface area (Å²) in [6.45, 7) is 6.45. The molecule has 7 heteroatoms. The zero-order chi connectivity index (χ0) is 19.0. The van der Waals surface area contributed by atoms with E-state index in [1.54, 1.807) is 18.2 Å². The highest BCUT2D eigenvalue weighted by molar-refractivity contribution is 6.01. The molecule has 2 amide bonds. The van der Waals surface area contributed by atoms with Gasteiger partial charge in [-0.25, -0.2) is 0 Å². The van der Waals surface area contributed by atoms with Crippen molar-refractivity contribution in [2.24, 2.45) is 0 Å². The SMILES string of the molecule is CCC(C)NC(=O)C(=Cc1ccc(OC(C)=O)c(OC)c1)NC(C)=O. The molecule has 1 unspecified atom stereocenters. The summed E-state index contributed by atoms with van der Waals surface area (Å²) in [4.78, 5) is 34.8. The van der Waals surface area contributed by atoms with E-state index in [4.69, 9.17) is 9.47 Å². The molecule has 1 aromatic rings. The second-order valence-corrected chi connectivity index (χ2v) is 5.53. The van der Waals surface area contributed by atoms with E-state index in [-0.39, 0.29) is 29.3 Å². The van der Waals surface area contributed by atoms with E-state index in [0.717, 1.165) is 6.42 Å². The smallest absolute Gasteiger partial charge is 0.308 e. The highest BCUT2D eigenvalue weighted by atomic mass is 16.6. The van der Waals surface area contributed by atoms with Gasteiger partial charge in [0.1, 0.15) is 5.70 Å². The van der Waals surface area contributed by atoms with E-state index in [2.05, 4.69) is 10.6 Å². The van der Waals surface area contributed by atoms with E-state index in [1.807, 2.05) is 13.8 Å². The Balaban J connectivity index is 3.16. The molecule has 1 rings (SSSR count). The number of hydrogen-bond donors (Lipinski definition) is 2. The number of methoxy groups -OCH3 is 1. The number of nitrogens with one attached hydrogen (secondary N) is 2. The molecule has 136 valence electrons. The molecule has 0 saturated carbocycles. The van der Waals surface area contributed by atoms with Crippen molar-refractivity contribution >= 4 is 23.9 Å². The zero-order valence-corrected chi connectivity index (χ0v) is 15.1. The van der Waals surface area contributed by atoms with Crippen molar-refractivity contribution < 1.29 is 23.9 Å². The minimum absolute atomic E-state index is 0.0227. The van der Waals surface area contributed by atoms with Gasteiger partial charge >= 0.3 is 5.97 Å². The number of esters is 1. The number of benzene rings is 1. The van der Waals surface area contributed by atoms with Crippen molar-refractivity contribution in [3.8, 4) is 11.5 Å². The van der Waals surface area contributed by atoms with E-state index in [0.29, 0.717) is 11.3 Å². The summed E-state index contributed by atoms with van der Waals surface area (Å²) in [5.41, 5.74) is 0.728. The topological polar surface area (TPSA) is 93.7 Å². The molecule has 2 N–H and O–H groups in total. The van der Waals surface area contributed by atoms with Crippen LogP contribution in [0.5, 0.6) is 11.5 Å². The van der Waals surface area contributed by atoms with Gasteiger partial charge in [0.2, 0.25) is 5.91 Å². The van der Waals surface area contributed by atoms with Crippen LogP contribution in [-0.2, 0) is 14.4 Å². The van der Waals surface area contributed by atoms with E-state index < -0.39 is 5.97 Å². The molecule has 0 bridgehead atoms. The monoisotopic (exact) mass is 348 g/mol. The van der Waals surface area contributed by atoms with Crippen LogP contribution >= 0.6 is 0 Å². The van der Waals surface area contributed by atoms with Crippen LogP contribution < -0.4 is 20.1 Å². The van der Waals surface area contributed by atoms with Crippen LogP contribution in [-0.4, -0.2) is 30.9 Å². The van der Waals surface area contributed by atoms with Gasteiger partial charge in [0.05, 0.1) is 7.11 Å². The Bertz CT molecular complexity index is 682. The van der Waals surface area contributed by atoms with Gasteiger partial charge in [-0.1, -0.05) is 13.0 Å². The molecule has 1 atom stereocenters. The van der Waals surface area contributed by atoms with Crippen LogP contribution in [0.25, 0.3) is 6.08 Å². The van der Waals surface area contributed by atoms with Crippen LogP contribution in [0, 0.1) is 0 Å². The lowest BCUT2D eigenvalue weighted by molar-refractivity contribution is -0.132. The average molecular weight is 348 g/mol. The van der Waals surface area contributed by atoms with E-state index in [9.17, 15) is 14.4 Å². The van der Waals surface area contributed by atoms with E-state index >= 15 is 0 Å². The van der Waals surface area contributed by atoms with Crippen LogP contribution in [0.4, 0.5) is 0 Å². The first-order chi connectivity index (χ1) is 11.8. The molecular weight excluding hydrogens is 324 g/mol. The fourth-order valence-corrected chi connectivity index (χ4v) is 1.93. The summed E-state index contributed by atoms with van der Waals surface area (Å²) >= 11 is 0. The third-order valence-electron chi connectivity index (χ3n) is 3.30. The van der Waals surface area contributed by atoms with Crippen molar-refractivity contribution in [3.05, 3.63) is 29.5 Å². The summed E-state index contributed by atoms with van der Waals surface area (Å²) in [5, 5.41) is 5.32. The van der Waals surface area contributed by atoms with Gasteiger partial charge in [-0.15, -0.1) is 0 Å². The Morgan fingerprint density at radius 3 is 2.40 bits per heavy atom. The van der Waals surface area contributed by atoms with Crippen LogP contribution in [0.3, 0.4) is 0 Å². The molecule has 0 aromatic heterocycles. The Morgan fingerprint density at radius 1 is 1.20 bits per heavy atom. The number of hydrogen-bond acceptors (Lipinski definition) is 5. The predicted molar refractivity (Wildman–Crippen MR) is 94.0 cm³/mol. The van der Waals surface area contributed by atoms with Crippen molar-refractivity contribution in [3.63, 3.8) is 0 Å². The number of amides is 2. The number of carbonyl (C=O) groups excluding carboxylic acids is 3. The van der Waals surface area contributed by atoms with Gasteiger partial charge in [-0.2, -0.15) is 0 Å². The molecular formula is C18H24N2O5. The Hall–Kier alpha value is -2.83. The quantitative estimate of drug-likeness (QED) is 0.447. The van der Waals surface area contributed by atoms with Gasteiger partial charge in [0.25, 0.3) is 5.91 Å². The lowest BCUT2D eigenvalue weighted by atomic mass is 10.1. The number of rotatable bonds is 7. The van der Waals surface area contributed by atoms with Gasteiger partial charge in [-0.05, 0) is 37.1 Å². The highest BCUT2D eigenvalue weighted by Gasteiger charge is 2.14. The highest BCUT2D eigenvalue weighted by Crippen LogP contribution is 2.29. The molecule has 0 radical (unpaired) electrons. The van der Waals surface area contributed by atoms with Gasteiger partial charge in [0, 0.05) is 19.9 Å². The molecule has 0 aliphatic heterocycles. The first-order valence-electron chi connectivity index (χ1n) is 7.93. The summed E-state index contributed by atoms with van der Waals surface area (Å²) in [7, 11) is 1.44.